The fourth-order valence-corrected chi connectivity index (χ4v) is 3.25. The summed E-state index contributed by atoms with van der Waals surface area (Å²) in [7, 11) is 0. The topological polar surface area (TPSA) is 72.1 Å². The van der Waals surface area contributed by atoms with Gasteiger partial charge in [-0.3, -0.25) is 19.7 Å². The van der Waals surface area contributed by atoms with Crippen molar-refractivity contribution in [1.82, 2.24) is 14.9 Å². The minimum atomic E-state index is -4.53. The van der Waals surface area contributed by atoms with Crippen LogP contribution in [0, 0.1) is 0 Å². The van der Waals surface area contributed by atoms with Gasteiger partial charge in [0.1, 0.15) is 11.9 Å². The number of rotatable bonds is 4. The van der Waals surface area contributed by atoms with Crippen LogP contribution >= 0.6 is 11.6 Å². The molecular formula is C17H15ClF4N4O. The molecule has 1 amide bonds. The molecule has 0 bridgehead atoms. The summed E-state index contributed by atoms with van der Waals surface area (Å²) >= 11 is 6.12. The van der Waals surface area contributed by atoms with Crippen molar-refractivity contribution in [2.24, 2.45) is 5.73 Å². The first kappa shape index (κ1) is 19.5. The zero-order valence-electron chi connectivity index (χ0n) is 13.9. The molecule has 0 aromatic carbocycles. The largest absolute Gasteiger partial charge is 0.433 e. The average Bonchev–Trinajstić information content (AvgIpc) is 2.96. The van der Waals surface area contributed by atoms with Crippen LogP contribution in [-0.4, -0.2) is 39.5 Å². The molecule has 5 nitrogen and oxygen atoms in total. The SMILES string of the molecule is NC(=O)C1CC(F)CN1Cc1cc(-c2ccc(C(F)(F)F)nc2)c(Cl)cn1. The van der Waals surface area contributed by atoms with Crippen molar-refractivity contribution in [1.29, 1.82) is 0 Å². The Hall–Kier alpha value is -2.26. The molecule has 2 unspecified atom stereocenters. The molecule has 0 saturated carbocycles. The van der Waals surface area contributed by atoms with Crippen molar-refractivity contribution in [3.8, 4) is 11.1 Å². The molecule has 0 aliphatic carbocycles. The van der Waals surface area contributed by atoms with Gasteiger partial charge in [-0.05, 0) is 12.1 Å². The van der Waals surface area contributed by atoms with Crippen molar-refractivity contribution in [2.45, 2.75) is 31.4 Å². The summed E-state index contributed by atoms with van der Waals surface area (Å²) in [5, 5.41) is 0.233. The van der Waals surface area contributed by atoms with Crippen molar-refractivity contribution in [3.05, 3.63) is 47.0 Å². The first-order valence-corrected chi connectivity index (χ1v) is 8.38. The zero-order chi connectivity index (χ0) is 19.8. The van der Waals surface area contributed by atoms with Gasteiger partial charge in [0.25, 0.3) is 0 Å². The standard InChI is InChI=1S/C17H15ClF4N4O/c18-13-6-24-11(8-26-7-10(19)3-14(26)16(23)27)4-12(13)9-1-2-15(25-5-9)17(20,21)22/h1-2,4-6,10,14H,3,7-8H2,(H2,23,27). The van der Waals surface area contributed by atoms with E-state index in [1.807, 2.05) is 0 Å². The quantitative estimate of drug-likeness (QED) is 0.797. The van der Waals surface area contributed by atoms with E-state index in [0.29, 0.717) is 16.8 Å². The van der Waals surface area contributed by atoms with Crippen molar-refractivity contribution >= 4 is 17.5 Å². The highest BCUT2D eigenvalue weighted by atomic mass is 35.5. The molecule has 27 heavy (non-hydrogen) atoms. The summed E-state index contributed by atoms with van der Waals surface area (Å²) in [6, 6.07) is 2.98. The van der Waals surface area contributed by atoms with E-state index in [-0.39, 0.29) is 24.5 Å². The second kappa shape index (κ2) is 7.40. The molecular weight excluding hydrogens is 388 g/mol. The summed E-state index contributed by atoms with van der Waals surface area (Å²) in [5.74, 6) is -0.615. The number of hydrogen-bond acceptors (Lipinski definition) is 4. The van der Waals surface area contributed by atoms with Gasteiger partial charge in [-0.15, -0.1) is 0 Å². The van der Waals surface area contributed by atoms with E-state index in [4.69, 9.17) is 17.3 Å². The summed E-state index contributed by atoms with van der Waals surface area (Å²) in [5.41, 5.74) is 5.60. The number of halogens is 5. The number of likely N-dealkylation sites (tertiary alicyclic amines) is 1. The molecule has 2 N–H and O–H groups in total. The predicted octanol–water partition coefficient (Wildman–Crippen LogP) is 3.21. The fourth-order valence-electron chi connectivity index (χ4n) is 3.04. The number of primary amides is 1. The van der Waals surface area contributed by atoms with E-state index in [1.165, 1.54) is 12.3 Å². The van der Waals surface area contributed by atoms with Crippen molar-refractivity contribution in [2.75, 3.05) is 6.54 Å². The summed E-state index contributed by atoms with van der Waals surface area (Å²) in [6.07, 6.45) is -3.24. The van der Waals surface area contributed by atoms with E-state index in [2.05, 4.69) is 9.97 Å². The third kappa shape index (κ3) is 4.36. The molecule has 1 saturated heterocycles. The average molecular weight is 403 g/mol. The molecule has 1 aliphatic heterocycles. The Morgan fingerprint density at radius 3 is 2.63 bits per heavy atom. The van der Waals surface area contributed by atoms with Gasteiger partial charge in [0, 0.05) is 43.0 Å². The van der Waals surface area contributed by atoms with Gasteiger partial charge in [-0.25, -0.2) is 4.39 Å². The van der Waals surface area contributed by atoms with Gasteiger partial charge in [0.05, 0.1) is 16.8 Å². The molecule has 0 radical (unpaired) electrons. The number of alkyl halides is 4. The second-order valence-electron chi connectivity index (χ2n) is 6.27. The number of carbonyl (C=O) groups is 1. The van der Waals surface area contributed by atoms with Gasteiger partial charge in [0.15, 0.2) is 0 Å². The highest BCUT2D eigenvalue weighted by molar-refractivity contribution is 6.33. The minimum absolute atomic E-state index is 0.0264. The van der Waals surface area contributed by atoms with E-state index in [9.17, 15) is 22.4 Å². The van der Waals surface area contributed by atoms with E-state index in [0.717, 1.165) is 12.3 Å². The van der Waals surface area contributed by atoms with E-state index < -0.39 is 30.0 Å². The Morgan fingerprint density at radius 2 is 2.04 bits per heavy atom. The zero-order valence-corrected chi connectivity index (χ0v) is 14.6. The lowest BCUT2D eigenvalue weighted by molar-refractivity contribution is -0.141. The summed E-state index contributed by atoms with van der Waals surface area (Å²) in [6.45, 7) is 0.210. The predicted molar refractivity (Wildman–Crippen MR) is 90.4 cm³/mol. The van der Waals surface area contributed by atoms with Crippen molar-refractivity contribution in [3.63, 3.8) is 0 Å². The van der Waals surface area contributed by atoms with Gasteiger partial charge in [-0.1, -0.05) is 17.7 Å². The molecule has 3 heterocycles. The van der Waals surface area contributed by atoms with Crippen LogP contribution in [0.2, 0.25) is 5.02 Å². The van der Waals surface area contributed by atoms with Crippen LogP contribution in [0.3, 0.4) is 0 Å². The molecule has 2 aromatic heterocycles. The first-order valence-electron chi connectivity index (χ1n) is 8.00. The lowest BCUT2D eigenvalue weighted by Crippen LogP contribution is -2.39. The molecule has 2 aromatic rings. The normalized spacial score (nSPS) is 20.8. The molecule has 2 atom stereocenters. The fraction of sp³-hybridized carbons (Fsp3) is 0.353. The highest BCUT2D eigenvalue weighted by Gasteiger charge is 2.36. The minimum Gasteiger partial charge on any atom is -0.368 e. The Balaban J connectivity index is 1.85. The molecule has 10 heteroatoms. The first-order chi connectivity index (χ1) is 12.6. The number of aromatic nitrogens is 2. The smallest absolute Gasteiger partial charge is 0.368 e. The van der Waals surface area contributed by atoms with Crippen LogP contribution in [0.5, 0.6) is 0 Å². The van der Waals surface area contributed by atoms with Crippen LogP contribution < -0.4 is 5.73 Å². The number of carbonyl (C=O) groups excluding carboxylic acids is 1. The Bertz CT molecular complexity index is 844. The molecule has 1 fully saturated rings. The molecule has 0 spiro atoms. The Labute approximate surface area is 157 Å². The lowest BCUT2D eigenvalue weighted by Gasteiger charge is -2.21. The van der Waals surface area contributed by atoms with E-state index >= 15 is 0 Å². The molecule has 1 aliphatic rings. The molecule has 144 valence electrons. The number of nitrogens with zero attached hydrogens (tertiary/aromatic N) is 3. The number of hydrogen-bond donors (Lipinski definition) is 1. The van der Waals surface area contributed by atoms with Crippen molar-refractivity contribution < 1.29 is 22.4 Å². The van der Waals surface area contributed by atoms with Crippen LogP contribution in [0.25, 0.3) is 11.1 Å². The molecule has 3 rings (SSSR count). The number of amides is 1. The third-order valence-electron chi connectivity index (χ3n) is 4.32. The maximum Gasteiger partial charge on any atom is 0.433 e. The van der Waals surface area contributed by atoms with Crippen LogP contribution in [-0.2, 0) is 17.5 Å². The lowest BCUT2D eigenvalue weighted by atomic mass is 10.1. The van der Waals surface area contributed by atoms with Gasteiger partial charge >= 0.3 is 6.18 Å². The third-order valence-corrected chi connectivity index (χ3v) is 4.62. The van der Waals surface area contributed by atoms with Gasteiger partial charge < -0.3 is 5.73 Å². The van der Waals surface area contributed by atoms with Crippen LogP contribution in [0.4, 0.5) is 17.6 Å². The Morgan fingerprint density at radius 1 is 1.30 bits per heavy atom. The maximum absolute atomic E-state index is 13.6. The monoisotopic (exact) mass is 402 g/mol. The Kier molecular flexibility index (Phi) is 5.34. The summed E-state index contributed by atoms with van der Waals surface area (Å²) < 4.78 is 51.6. The maximum atomic E-state index is 13.6. The van der Waals surface area contributed by atoms with E-state index in [1.54, 1.807) is 11.0 Å². The number of nitrogens with two attached hydrogens (primary N) is 1. The van der Waals surface area contributed by atoms with Crippen LogP contribution in [0.1, 0.15) is 17.8 Å². The number of pyridine rings is 2. The van der Waals surface area contributed by atoms with Crippen LogP contribution in [0.15, 0.2) is 30.6 Å². The second-order valence-corrected chi connectivity index (χ2v) is 6.67. The highest BCUT2D eigenvalue weighted by Crippen LogP contribution is 2.32. The van der Waals surface area contributed by atoms with Gasteiger partial charge in [-0.2, -0.15) is 13.2 Å². The van der Waals surface area contributed by atoms with Gasteiger partial charge in [0.2, 0.25) is 5.91 Å². The summed E-state index contributed by atoms with van der Waals surface area (Å²) in [4.78, 5) is 20.6.